The Labute approximate surface area is 223 Å². The normalized spacial score (nSPS) is 23.3. The molecule has 2 aromatic carbocycles. The van der Waals surface area contributed by atoms with E-state index in [0.29, 0.717) is 33.4 Å². The predicted octanol–water partition coefficient (Wildman–Crippen LogP) is 1.19. The molecule has 1 aliphatic rings. The number of nitrogens with one attached hydrogen (secondary N) is 1. The van der Waals surface area contributed by atoms with E-state index in [-0.39, 0.29) is 12.8 Å². The zero-order valence-electron chi connectivity index (χ0n) is 21.4. The molecule has 5 rings (SSSR count). The summed E-state index contributed by atoms with van der Waals surface area (Å²) in [6, 6.07) is 14.5. The van der Waals surface area contributed by atoms with Gasteiger partial charge in [0.15, 0.2) is 6.23 Å². The number of esters is 2. The highest BCUT2D eigenvalue weighted by Crippen LogP contribution is 2.43. The Kier molecular flexibility index (Phi) is 7.43. The average Bonchev–Trinajstić information content (AvgIpc) is 3.47. The van der Waals surface area contributed by atoms with Crippen molar-refractivity contribution >= 4 is 33.7 Å². The SMILES string of the molecule is COC(=O)Cc1c(-c2c(CC(=O)OC)c3ccccc3n2[C@@H]2O[C@H](CO)[C@@H](O)[C@H](O)[C@H]2O)[nH]c2ccccc12. The van der Waals surface area contributed by atoms with Gasteiger partial charge in [-0.3, -0.25) is 9.59 Å². The highest BCUT2D eigenvalue weighted by Gasteiger charge is 2.46. The third-order valence-corrected chi connectivity index (χ3v) is 7.28. The molecule has 206 valence electrons. The van der Waals surface area contributed by atoms with Crippen LogP contribution in [0, 0.1) is 0 Å². The fraction of sp³-hybridized carbons (Fsp3) is 0.357. The molecule has 1 aliphatic heterocycles. The molecule has 1 saturated heterocycles. The van der Waals surface area contributed by atoms with Crippen LogP contribution in [0.3, 0.4) is 0 Å². The van der Waals surface area contributed by atoms with Crippen molar-refractivity contribution in [1.29, 1.82) is 0 Å². The van der Waals surface area contributed by atoms with Crippen LogP contribution in [0.4, 0.5) is 0 Å². The van der Waals surface area contributed by atoms with Crippen LogP contribution in [-0.2, 0) is 36.6 Å². The smallest absolute Gasteiger partial charge is 0.310 e. The van der Waals surface area contributed by atoms with Crippen molar-refractivity contribution in [2.75, 3.05) is 20.8 Å². The number of ether oxygens (including phenoxy) is 3. The minimum absolute atomic E-state index is 0.0935. The summed E-state index contributed by atoms with van der Waals surface area (Å²) in [7, 11) is 2.58. The van der Waals surface area contributed by atoms with Crippen LogP contribution in [0.5, 0.6) is 0 Å². The monoisotopic (exact) mass is 538 g/mol. The molecule has 2 aromatic heterocycles. The Morgan fingerprint density at radius 2 is 1.49 bits per heavy atom. The third kappa shape index (κ3) is 4.58. The van der Waals surface area contributed by atoms with Crippen molar-refractivity contribution in [1.82, 2.24) is 9.55 Å². The van der Waals surface area contributed by atoms with E-state index in [1.165, 1.54) is 14.2 Å². The Morgan fingerprint density at radius 1 is 0.872 bits per heavy atom. The third-order valence-electron chi connectivity index (χ3n) is 7.28. The van der Waals surface area contributed by atoms with Gasteiger partial charge in [0.05, 0.1) is 50.6 Å². The van der Waals surface area contributed by atoms with Crippen LogP contribution in [0.25, 0.3) is 33.2 Å². The maximum absolute atomic E-state index is 12.6. The number of rotatable bonds is 7. The van der Waals surface area contributed by atoms with Crippen LogP contribution in [0.2, 0.25) is 0 Å². The molecule has 0 spiro atoms. The molecule has 0 saturated carbocycles. The molecule has 0 amide bonds. The van der Waals surface area contributed by atoms with Gasteiger partial charge in [-0.15, -0.1) is 0 Å². The summed E-state index contributed by atoms with van der Waals surface area (Å²) >= 11 is 0. The van der Waals surface area contributed by atoms with Crippen LogP contribution in [0.1, 0.15) is 17.4 Å². The number of hydrogen-bond donors (Lipinski definition) is 5. The van der Waals surface area contributed by atoms with Crippen LogP contribution in [-0.4, -0.2) is 87.2 Å². The quantitative estimate of drug-likeness (QED) is 0.218. The first-order chi connectivity index (χ1) is 18.8. The zero-order valence-corrected chi connectivity index (χ0v) is 21.4. The Hall–Kier alpha value is -3.74. The van der Waals surface area contributed by atoms with Crippen molar-refractivity contribution in [3.05, 3.63) is 59.7 Å². The van der Waals surface area contributed by atoms with Gasteiger partial charge in [0.25, 0.3) is 0 Å². The van der Waals surface area contributed by atoms with E-state index in [1.54, 1.807) is 28.8 Å². The van der Waals surface area contributed by atoms with Crippen LogP contribution in [0.15, 0.2) is 48.5 Å². The Morgan fingerprint density at radius 3 is 2.15 bits per heavy atom. The number of benzene rings is 2. The number of aromatic nitrogens is 2. The molecule has 3 heterocycles. The van der Waals surface area contributed by atoms with Gasteiger partial charge >= 0.3 is 11.9 Å². The first-order valence-electron chi connectivity index (χ1n) is 12.5. The molecule has 5 N–H and O–H groups in total. The van der Waals surface area contributed by atoms with Crippen LogP contribution < -0.4 is 0 Å². The van der Waals surface area contributed by atoms with E-state index in [9.17, 15) is 30.0 Å². The van der Waals surface area contributed by atoms with Gasteiger partial charge in [-0.1, -0.05) is 36.4 Å². The van der Waals surface area contributed by atoms with E-state index in [1.807, 2.05) is 24.3 Å². The van der Waals surface area contributed by atoms with Crippen molar-refractivity contribution in [3.8, 4) is 11.4 Å². The van der Waals surface area contributed by atoms with E-state index < -0.39 is 49.2 Å². The van der Waals surface area contributed by atoms with E-state index in [4.69, 9.17) is 14.2 Å². The lowest BCUT2D eigenvalue weighted by atomic mass is 9.97. The molecule has 11 heteroatoms. The number of nitrogens with zero attached hydrogens (tertiary/aromatic N) is 1. The lowest BCUT2D eigenvalue weighted by Gasteiger charge is -2.41. The lowest BCUT2D eigenvalue weighted by molar-refractivity contribution is -0.249. The fourth-order valence-corrected chi connectivity index (χ4v) is 5.36. The summed E-state index contributed by atoms with van der Waals surface area (Å²) in [6.07, 6.45) is -7.46. The maximum Gasteiger partial charge on any atom is 0.310 e. The van der Waals surface area contributed by atoms with Crippen LogP contribution >= 0.6 is 0 Å². The summed E-state index contributed by atoms with van der Waals surface area (Å²) in [5.41, 5.74) is 3.30. The highest BCUT2D eigenvalue weighted by molar-refractivity contribution is 6.00. The lowest BCUT2D eigenvalue weighted by Crippen LogP contribution is -2.56. The van der Waals surface area contributed by atoms with E-state index >= 15 is 0 Å². The number of aliphatic hydroxyl groups excluding tert-OH is 4. The zero-order chi connectivity index (χ0) is 27.8. The minimum Gasteiger partial charge on any atom is -0.469 e. The molecule has 0 bridgehead atoms. The number of aliphatic hydroxyl groups is 4. The van der Waals surface area contributed by atoms with Gasteiger partial charge in [0.2, 0.25) is 0 Å². The van der Waals surface area contributed by atoms with Gasteiger partial charge in [-0.05, 0) is 23.3 Å². The molecule has 0 unspecified atom stereocenters. The fourth-order valence-electron chi connectivity index (χ4n) is 5.36. The Balaban J connectivity index is 1.86. The molecule has 39 heavy (non-hydrogen) atoms. The van der Waals surface area contributed by atoms with E-state index in [0.717, 1.165) is 10.9 Å². The largest absolute Gasteiger partial charge is 0.469 e. The molecule has 0 aliphatic carbocycles. The molecular weight excluding hydrogens is 508 g/mol. The number of para-hydroxylation sites is 2. The summed E-state index contributed by atoms with van der Waals surface area (Å²) in [5, 5.41) is 43.4. The first-order valence-corrected chi connectivity index (χ1v) is 12.5. The number of hydrogen-bond acceptors (Lipinski definition) is 9. The van der Waals surface area contributed by atoms with Gasteiger partial charge < -0.3 is 44.2 Å². The second-order valence-corrected chi connectivity index (χ2v) is 9.46. The predicted molar refractivity (Wildman–Crippen MR) is 140 cm³/mol. The minimum atomic E-state index is -1.63. The molecule has 1 fully saturated rings. The summed E-state index contributed by atoms with van der Waals surface area (Å²) in [4.78, 5) is 28.5. The molecular formula is C28H30N2O9. The van der Waals surface area contributed by atoms with Gasteiger partial charge in [-0.25, -0.2) is 0 Å². The highest BCUT2D eigenvalue weighted by atomic mass is 16.6. The second kappa shape index (κ2) is 10.8. The summed E-state index contributed by atoms with van der Waals surface area (Å²) < 4.78 is 17.6. The second-order valence-electron chi connectivity index (χ2n) is 9.46. The average molecular weight is 539 g/mol. The van der Waals surface area contributed by atoms with Crippen molar-refractivity contribution < 1.29 is 44.2 Å². The first kappa shape index (κ1) is 26.9. The summed E-state index contributed by atoms with van der Waals surface area (Å²) in [6.45, 7) is -0.606. The number of methoxy groups -OCH3 is 2. The number of carbonyl (C=O) groups excluding carboxylic acids is 2. The van der Waals surface area contributed by atoms with Gasteiger partial charge in [0, 0.05) is 16.3 Å². The van der Waals surface area contributed by atoms with Crippen molar-refractivity contribution in [3.63, 3.8) is 0 Å². The van der Waals surface area contributed by atoms with Gasteiger partial charge in [-0.2, -0.15) is 0 Å². The molecule has 5 atom stereocenters. The van der Waals surface area contributed by atoms with Crippen molar-refractivity contribution in [2.24, 2.45) is 0 Å². The topological polar surface area (TPSA) is 163 Å². The molecule has 4 aromatic rings. The molecule has 11 nitrogen and oxygen atoms in total. The van der Waals surface area contributed by atoms with Gasteiger partial charge in [0.1, 0.15) is 24.4 Å². The maximum atomic E-state index is 12.6. The van der Waals surface area contributed by atoms with Crippen molar-refractivity contribution in [2.45, 2.75) is 43.5 Å². The molecule has 0 radical (unpaired) electrons. The number of H-pyrrole nitrogens is 1. The van der Waals surface area contributed by atoms with E-state index in [2.05, 4.69) is 4.98 Å². The Bertz CT molecular complexity index is 1520. The number of carbonyl (C=O) groups is 2. The number of fused-ring (bicyclic) bond motifs is 2. The standard InChI is InChI=1S/C28H30N2O9/c1-37-21(32)11-16-14-7-3-5-9-18(14)29-23(16)24-17(12-22(33)38-2)15-8-4-6-10-19(15)30(24)28-27(36)26(35)25(34)20(13-31)39-28/h3-10,20,25-29,31,34-36H,11-13H2,1-2H3/t20-,25-,26+,27-,28-/m1/s1. The summed E-state index contributed by atoms with van der Waals surface area (Å²) in [5.74, 6) is -0.996. The number of aromatic amines is 1.